The van der Waals surface area contributed by atoms with Crippen molar-refractivity contribution < 1.29 is 34.0 Å². The summed E-state index contributed by atoms with van der Waals surface area (Å²) in [4.78, 5) is 9.59. The Balaban J connectivity index is 0.000000772. The molecular formula is C19H32O7. The standard InChI is InChI=1S/C14H20O5.C3H6O2.C2H6/c1-17-12-4-2-10(3-5-12)14(16)19-9-13-8-11(15)6-7-18-13;1-3(4)5-2;1-2/h2-5,11,13-16H,6-9H2,1H3;1-2H3;1-2H3. The van der Waals surface area contributed by atoms with Crippen LogP contribution in [-0.4, -0.2) is 55.8 Å². The smallest absolute Gasteiger partial charge is 0.302 e. The molecule has 0 aromatic heterocycles. The number of carbonyl (C=O) groups excluding carboxylic acids is 1. The van der Waals surface area contributed by atoms with Crippen LogP contribution < -0.4 is 4.74 Å². The molecule has 1 saturated heterocycles. The maximum Gasteiger partial charge on any atom is 0.302 e. The lowest BCUT2D eigenvalue weighted by Crippen LogP contribution is -2.32. The first-order valence-corrected chi connectivity index (χ1v) is 8.74. The Morgan fingerprint density at radius 2 is 1.85 bits per heavy atom. The third-order valence-corrected chi connectivity index (χ3v) is 3.47. The van der Waals surface area contributed by atoms with Crippen LogP contribution in [0.4, 0.5) is 0 Å². The van der Waals surface area contributed by atoms with E-state index in [1.54, 1.807) is 31.4 Å². The Morgan fingerprint density at radius 1 is 1.27 bits per heavy atom. The highest BCUT2D eigenvalue weighted by atomic mass is 16.6. The first-order chi connectivity index (χ1) is 12.5. The van der Waals surface area contributed by atoms with Gasteiger partial charge in [0, 0.05) is 25.5 Å². The number of methoxy groups -OCH3 is 2. The van der Waals surface area contributed by atoms with Gasteiger partial charge in [-0.2, -0.15) is 0 Å². The van der Waals surface area contributed by atoms with Crippen molar-refractivity contribution in [3.8, 4) is 5.75 Å². The van der Waals surface area contributed by atoms with Crippen LogP contribution in [0, 0.1) is 0 Å². The molecule has 3 unspecified atom stereocenters. The second kappa shape index (κ2) is 14.5. The SMILES string of the molecule is CC.COC(C)=O.COc1ccc(C(O)OCC2CC(O)CCO2)cc1. The topological polar surface area (TPSA) is 94.5 Å². The lowest BCUT2D eigenvalue weighted by molar-refractivity contribution is -0.150. The largest absolute Gasteiger partial charge is 0.497 e. The molecule has 1 aromatic carbocycles. The van der Waals surface area contributed by atoms with Gasteiger partial charge in [-0.05, 0) is 18.6 Å². The average Bonchev–Trinajstić information content (AvgIpc) is 2.68. The van der Waals surface area contributed by atoms with E-state index in [1.165, 1.54) is 14.0 Å². The van der Waals surface area contributed by atoms with E-state index in [4.69, 9.17) is 14.2 Å². The van der Waals surface area contributed by atoms with Gasteiger partial charge in [-0.15, -0.1) is 0 Å². The Morgan fingerprint density at radius 3 is 2.31 bits per heavy atom. The van der Waals surface area contributed by atoms with Gasteiger partial charge in [0.25, 0.3) is 0 Å². The molecule has 7 heteroatoms. The summed E-state index contributed by atoms with van der Waals surface area (Å²) in [6.45, 7) is 6.16. The molecule has 0 saturated carbocycles. The summed E-state index contributed by atoms with van der Waals surface area (Å²) in [7, 11) is 2.94. The van der Waals surface area contributed by atoms with E-state index >= 15 is 0 Å². The van der Waals surface area contributed by atoms with Crippen molar-refractivity contribution in [1.29, 1.82) is 0 Å². The van der Waals surface area contributed by atoms with E-state index in [0.29, 0.717) is 25.0 Å². The first kappa shape index (κ1) is 24.3. The number of esters is 1. The number of carbonyl (C=O) groups is 1. The molecule has 1 aromatic rings. The van der Waals surface area contributed by atoms with E-state index in [9.17, 15) is 15.0 Å². The zero-order valence-electron chi connectivity index (χ0n) is 16.3. The van der Waals surface area contributed by atoms with E-state index in [1.807, 2.05) is 13.8 Å². The second-order valence-electron chi connectivity index (χ2n) is 5.33. The molecule has 2 N–H and O–H groups in total. The zero-order valence-corrected chi connectivity index (χ0v) is 16.3. The summed E-state index contributed by atoms with van der Waals surface area (Å²) in [5.41, 5.74) is 0.664. The number of ether oxygens (including phenoxy) is 4. The highest BCUT2D eigenvalue weighted by Gasteiger charge is 2.22. The number of aliphatic hydroxyl groups excluding tert-OH is 2. The average molecular weight is 372 g/mol. The van der Waals surface area contributed by atoms with E-state index in [-0.39, 0.29) is 24.8 Å². The fourth-order valence-corrected chi connectivity index (χ4v) is 2.04. The quantitative estimate of drug-likeness (QED) is 0.605. The summed E-state index contributed by atoms with van der Waals surface area (Å²) in [6, 6.07) is 7.03. The summed E-state index contributed by atoms with van der Waals surface area (Å²) in [5, 5.41) is 19.4. The monoisotopic (exact) mass is 372 g/mol. The van der Waals surface area contributed by atoms with Crippen LogP contribution in [0.5, 0.6) is 5.75 Å². The minimum atomic E-state index is -0.992. The molecule has 150 valence electrons. The van der Waals surface area contributed by atoms with Gasteiger partial charge in [-0.1, -0.05) is 26.0 Å². The lowest BCUT2D eigenvalue weighted by Gasteiger charge is -2.27. The third-order valence-electron chi connectivity index (χ3n) is 3.47. The van der Waals surface area contributed by atoms with Gasteiger partial charge in [0.2, 0.25) is 0 Å². The summed E-state index contributed by atoms with van der Waals surface area (Å²) < 4.78 is 20.0. The van der Waals surface area contributed by atoms with Crippen LogP contribution in [-0.2, 0) is 19.0 Å². The predicted octanol–water partition coefficient (Wildman–Crippen LogP) is 2.45. The maximum absolute atomic E-state index is 9.90. The van der Waals surface area contributed by atoms with Crippen LogP contribution >= 0.6 is 0 Å². The van der Waals surface area contributed by atoms with Crippen LogP contribution in [0.1, 0.15) is 45.5 Å². The van der Waals surface area contributed by atoms with E-state index < -0.39 is 6.29 Å². The number of hydrogen-bond donors (Lipinski definition) is 2. The molecule has 3 atom stereocenters. The lowest BCUT2D eigenvalue weighted by atomic mass is 10.1. The molecule has 7 nitrogen and oxygen atoms in total. The van der Waals surface area contributed by atoms with E-state index in [2.05, 4.69) is 4.74 Å². The Labute approximate surface area is 155 Å². The van der Waals surface area contributed by atoms with Gasteiger partial charge in [0.05, 0.1) is 33.0 Å². The highest BCUT2D eigenvalue weighted by Crippen LogP contribution is 2.20. The fraction of sp³-hybridized carbons (Fsp3) is 0.632. The Hall–Kier alpha value is -1.67. The molecular weight excluding hydrogens is 340 g/mol. The van der Waals surface area contributed by atoms with Crippen molar-refractivity contribution in [1.82, 2.24) is 0 Å². The van der Waals surface area contributed by atoms with Crippen LogP contribution in [0.25, 0.3) is 0 Å². The molecule has 1 aliphatic heterocycles. The number of benzene rings is 1. The molecule has 0 aliphatic carbocycles. The van der Waals surface area contributed by atoms with Crippen molar-refractivity contribution in [2.24, 2.45) is 0 Å². The van der Waals surface area contributed by atoms with Crippen molar-refractivity contribution in [2.75, 3.05) is 27.4 Å². The molecule has 1 aliphatic rings. The molecule has 0 spiro atoms. The van der Waals surface area contributed by atoms with Gasteiger partial charge in [-0.25, -0.2) is 0 Å². The fourth-order valence-electron chi connectivity index (χ4n) is 2.04. The number of aliphatic hydroxyl groups is 2. The normalized spacial score (nSPS) is 19.8. The van der Waals surface area contributed by atoms with Crippen molar-refractivity contribution in [3.63, 3.8) is 0 Å². The summed E-state index contributed by atoms with van der Waals surface area (Å²) in [5.74, 6) is 0.486. The number of hydrogen-bond acceptors (Lipinski definition) is 7. The number of rotatable bonds is 5. The molecule has 0 amide bonds. The minimum Gasteiger partial charge on any atom is -0.497 e. The van der Waals surface area contributed by atoms with Crippen molar-refractivity contribution in [2.45, 2.75) is 52.1 Å². The van der Waals surface area contributed by atoms with E-state index in [0.717, 1.165) is 5.75 Å². The predicted molar refractivity (Wildman–Crippen MR) is 97.9 cm³/mol. The van der Waals surface area contributed by atoms with Gasteiger partial charge >= 0.3 is 5.97 Å². The summed E-state index contributed by atoms with van der Waals surface area (Å²) in [6.07, 6.45) is -0.266. The minimum absolute atomic E-state index is 0.156. The van der Waals surface area contributed by atoms with Crippen molar-refractivity contribution >= 4 is 5.97 Å². The molecule has 1 fully saturated rings. The van der Waals surface area contributed by atoms with Crippen LogP contribution in [0.15, 0.2) is 24.3 Å². The van der Waals surface area contributed by atoms with Crippen LogP contribution in [0.3, 0.4) is 0 Å². The van der Waals surface area contributed by atoms with Crippen LogP contribution in [0.2, 0.25) is 0 Å². The maximum atomic E-state index is 9.90. The van der Waals surface area contributed by atoms with Gasteiger partial charge in [0.1, 0.15) is 5.75 Å². The molecule has 26 heavy (non-hydrogen) atoms. The molecule has 0 radical (unpaired) electrons. The Kier molecular flexibility index (Phi) is 13.6. The first-order valence-electron chi connectivity index (χ1n) is 8.74. The Bertz CT molecular complexity index is 475. The van der Waals surface area contributed by atoms with Gasteiger partial charge in [0.15, 0.2) is 6.29 Å². The zero-order chi connectivity index (χ0) is 19.9. The third kappa shape index (κ3) is 10.4. The molecule has 1 heterocycles. The second-order valence-corrected chi connectivity index (χ2v) is 5.33. The van der Waals surface area contributed by atoms with Gasteiger partial charge < -0.3 is 29.2 Å². The molecule has 0 bridgehead atoms. The highest BCUT2D eigenvalue weighted by molar-refractivity contribution is 5.65. The van der Waals surface area contributed by atoms with Gasteiger partial charge in [-0.3, -0.25) is 4.79 Å². The molecule has 2 rings (SSSR count). The van der Waals surface area contributed by atoms with Crippen molar-refractivity contribution in [3.05, 3.63) is 29.8 Å². The summed E-state index contributed by atoms with van der Waals surface area (Å²) >= 11 is 0.